The summed E-state index contributed by atoms with van der Waals surface area (Å²) in [6, 6.07) is 22.7. The largest absolute Gasteiger partial charge is 0.489 e. The van der Waals surface area contributed by atoms with Crippen LogP contribution < -0.4 is 10.1 Å². The summed E-state index contributed by atoms with van der Waals surface area (Å²) in [4.78, 5) is 1.26. The number of rotatable bonds is 5. The zero-order chi connectivity index (χ0) is 14.5. The molecular formula is C18H17NOS. The molecule has 3 heteroatoms. The number of anilines is 1. The van der Waals surface area contributed by atoms with Crippen LogP contribution in [-0.2, 0) is 6.61 Å². The Kier molecular flexibility index (Phi) is 4.22. The van der Waals surface area contributed by atoms with Crippen molar-refractivity contribution in [2.45, 2.75) is 6.61 Å². The quantitative estimate of drug-likeness (QED) is 0.712. The van der Waals surface area contributed by atoms with Gasteiger partial charge in [-0.05, 0) is 47.5 Å². The van der Waals surface area contributed by atoms with Gasteiger partial charge in [0, 0.05) is 11.9 Å². The standard InChI is InChI=1S/C18H17NOS/c1-19-18-12-11-17(21-18)15-7-9-16(10-8-15)20-13-14-5-3-2-4-6-14/h2-12,19H,13H2,1H3. The molecule has 1 N–H and O–H groups in total. The lowest BCUT2D eigenvalue weighted by Gasteiger charge is -2.07. The van der Waals surface area contributed by atoms with E-state index in [1.54, 1.807) is 11.3 Å². The van der Waals surface area contributed by atoms with Gasteiger partial charge in [-0.1, -0.05) is 30.3 Å². The van der Waals surface area contributed by atoms with Crippen molar-refractivity contribution in [3.63, 3.8) is 0 Å². The summed E-state index contributed by atoms with van der Waals surface area (Å²) >= 11 is 1.75. The fourth-order valence-electron chi connectivity index (χ4n) is 2.08. The molecule has 0 bridgehead atoms. The van der Waals surface area contributed by atoms with E-state index in [0.717, 1.165) is 5.75 Å². The molecule has 2 aromatic carbocycles. The van der Waals surface area contributed by atoms with Crippen LogP contribution in [-0.4, -0.2) is 7.05 Å². The Morgan fingerprint density at radius 1 is 0.905 bits per heavy atom. The predicted molar refractivity (Wildman–Crippen MR) is 90.1 cm³/mol. The van der Waals surface area contributed by atoms with Crippen LogP contribution in [0.4, 0.5) is 5.00 Å². The molecule has 0 spiro atoms. The molecule has 0 aliphatic heterocycles. The second-order valence-electron chi connectivity index (χ2n) is 4.71. The maximum absolute atomic E-state index is 5.80. The van der Waals surface area contributed by atoms with Gasteiger partial charge in [-0.2, -0.15) is 0 Å². The Labute approximate surface area is 129 Å². The van der Waals surface area contributed by atoms with Crippen molar-refractivity contribution in [1.82, 2.24) is 0 Å². The average molecular weight is 295 g/mol. The van der Waals surface area contributed by atoms with Crippen molar-refractivity contribution >= 4 is 16.3 Å². The third-order valence-electron chi connectivity index (χ3n) is 3.24. The molecule has 0 amide bonds. The molecule has 0 fully saturated rings. The fraction of sp³-hybridized carbons (Fsp3) is 0.111. The minimum Gasteiger partial charge on any atom is -0.489 e. The van der Waals surface area contributed by atoms with Gasteiger partial charge in [-0.25, -0.2) is 0 Å². The van der Waals surface area contributed by atoms with E-state index in [0.29, 0.717) is 6.61 Å². The zero-order valence-corrected chi connectivity index (χ0v) is 12.7. The molecule has 106 valence electrons. The van der Waals surface area contributed by atoms with Crippen LogP contribution in [0.2, 0.25) is 0 Å². The number of ether oxygens (including phenoxy) is 1. The SMILES string of the molecule is CNc1ccc(-c2ccc(OCc3ccccc3)cc2)s1. The number of hydrogen-bond donors (Lipinski definition) is 1. The third-order valence-corrected chi connectivity index (χ3v) is 4.39. The van der Waals surface area contributed by atoms with E-state index in [-0.39, 0.29) is 0 Å². The van der Waals surface area contributed by atoms with Crippen molar-refractivity contribution < 1.29 is 4.74 Å². The summed E-state index contributed by atoms with van der Waals surface area (Å²) in [7, 11) is 1.94. The van der Waals surface area contributed by atoms with E-state index in [9.17, 15) is 0 Å². The Morgan fingerprint density at radius 3 is 2.33 bits per heavy atom. The molecule has 3 aromatic rings. The van der Waals surface area contributed by atoms with Gasteiger partial charge in [0.05, 0.1) is 5.00 Å². The van der Waals surface area contributed by atoms with Crippen molar-refractivity contribution in [3.05, 3.63) is 72.3 Å². The Bertz CT molecular complexity index is 689. The van der Waals surface area contributed by atoms with Gasteiger partial charge in [0.15, 0.2) is 0 Å². The van der Waals surface area contributed by atoms with E-state index in [4.69, 9.17) is 4.74 Å². The van der Waals surface area contributed by atoms with E-state index >= 15 is 0 Å². The molecule has 0 atom stereocenters. The molecule has 3 rings (SSSR count). The van der Waals surface area contributed by atoms with Crippen molar-refractivity contribution in [2.24, 2.45) is 0 Å². The number of thiophene rings is 1. The minimum atomic E-state index is 0.600. The van der Waals surface area contributed by atoms with Gasteiger partial charge in [0.2, 0.25) is 0 Å². The lowest BCUT2D eigenvalue weighted by atomic mass is 10.2. The van der Waals surface area contributed by atoms with Crippen molar-refractivity contribution in [3.8, 4) is 16.2 Å². The van der Waals surface area contributed by atoms with Gasteiger partial charge in [-0.15, -0.1) is 11.3 Å². The van der Waals surface area contributed by atoms with Crippen LogP contribution in [0.25, 0.3) is 10.4 Å². The zero-order valence-electron chi connectivity index (χ0n) is 11.9. The van der Waals surface area contributed by atoms with Crippen LogP contribution >= 0.6 is 11.3 Å². The summed E-state index contributed by atoms with van der Waals surface area (Å²) < 4.78 is 5.80. The minimum absolute atomic E-state index is 0.600. The second-order valence-corrected chi connectivity index (χ2v) is 5.80. The molecule has 21 heavy (non-hydrogen) atoms. The highest BCUT2D eigenvalue weighted by molar-refractivity contribution is 7.19. The maximum atomic E-state index is 5.80. The van der Waals surface area contributed by atoms with Crippen LogP contribution in [0.3, 0.4) is 0 Å². The smallest absolute Gasteiger partial charge is 0.119 e. The van der Waals surface area contributed by atoms with E-state index in [2.05, 4.69) is 41.7 Å². The van der Waals surface area contributed by atoms with Crippen LogP contribution in [0.15, 0.2) is 66.7 Å². The fourth-order valence-corrected chi connectivity index (χ4v) is 2.95. The van der Waals surface area contributed by atoms with Crippen molar-refractivity contribution in [1.29, 1.82) is 0 Å². The topological polar surface area (TPSA) is 21.3 Å². The summed E-state index contributed by atoms with van der Waals surface area (Å²) in [5.41, 5.74) is 2.40. The first-order valence-corrected chi connectivity index (χ1v) is 7.71. The molecule has 1 aromatic heterocycles. The molecule has 0 radical (unpaired) electrons. The monoisotopic (exact) mass is 295 g/mol. The van der Waals surface area contributed by atoms with E-state index < -0.39 is 0 Å². The van der Waals surface area contributed by atoms with Gasteiger partial charge < -0.3 is 10.1 Å². The average Bonchev–Trinajstić information content (AvgIpc) is 3.03. The van der Waals surface area contributed by atoms with Gasteiger partial charge in [-0.3, -0.25) is 0 Å². The van der Waals surface area contributed by atoms with Gasteiger partial charge >= 0.3 is 0 Å². The highest BCUT2D eigenvalue weighted by Crippen LogP contribution is 2.32. The van der Waals surface area contributed by atoms with Crippen LogP contribution in [0.1, 0.15) is 5.56 Å². The summed E-state index contributed by atoms with van der Waals surface area (Å²) in [6.07, 6.45) is 0. The number of hydrogen-bond acceptors (Lipinski definition) is 3. The molecule has 0 aliphatic rings. The highest BCUT2D eigenvalue weighted by atomic mass is 32.1. The Morgan fingerprint density at radius 2 is 1.67 bits per heavy atom. The third kappa shape index (κ3) is 3.44. The van der Waals surface area contributed by atoms with Crippen molar-refractivity contribution in [2.75, 3.05) is 12.4 Å². The lowest BCUT2D eigenvalue weighted by molar-refractivity contribution is 0.306. The normalized spacial score (nSPS) is 10.3. The molecule has 0 unspecified atom stereocenters. The van der Waals surface area contributed by atoms with E-state index in [1.165, 1.54) is 21.0 Å². The molecule has 0 aliphatic carbocycles. The number of benzene rings is 2. The van der Waals surface area contributed by atoms with Crippen LogP contribution in [0.5, 0.6) is 5.75 Å². The summed E-state index contributed by atoms with van der Waals surface area (Å²) in [6.45, 7) is 0.600. The lowest BCUT2D eigenvalue weighted by Crippen LogP contribution is -1.94. The summed E-state index contributed by atoms with van der Waals surface area (Å²) in [5, 5.41) is 4.34. The van der Waals surface area contributed by atoms with Gasteiger partial charge in [0.25, 0.3) is 0 Å². The first-order valence-electron chi connectivity index (χ1n) is 6.90. The molecule has 0 saturated heterocycles. The molecule has 2 nitrogen and oxygen atoms in total. The van der Waals surface area contributed by atoms with E-state index in [1.807, 2.05) is 37.4 Å². The highest BCUT2D eigenvalue weighted by Gasteiger charge is 2.02. The Balaban J connectivity index is 1.66. The number of nitrogens with one attached hydrogen (secondary N) is 1. The first-order chi connectivity index (χ1) is 10.3. The Hall–Kier alpha value is -2.26. The predicted octanol–water partition coefficient (Wildman–Crippen LogP) is 5.04. The second kappa shape index (κ2) is 6.46. The summed E-state index contributed by atoms with van der Waals surface area (Å²) in [5.74, 6) is 0.896. The molecular weight excluding hydrogens is 278 g/mol. The maximum Gasteiger partial charge on any atom is 0.119 e. The van der Waals surface area contributed by atoms with Crippen LogP contribution in [0, 0.1) is 0 Å². The van der Waals surface area contributed by atoms with Gasteiger partial charge in [0.1, 0.15) is 12.4 Å². The molecule has 1 heterocycles. The first kappa shape index (κ1) is 13.7. The molecule has 0 saturated carbocycles.